The van der Waals surface area contributed by atoms with Crippen LogP contribution in [0.5, 0.6) is 0 Å². The lowest BCUT2D eigenvalue weighted by molar-refractivity contribution is -0.119. The summed E-state index contributed by atoms with van der Waals surface area (Å²) in [7, 11) is 1.52. The molecule has 0 radical (unpaired) electrons. The first kappa shape index (κ1) is 16.7. The molecular weight excluding hydrogens is 264 g/mol. The van der Waals surface area contributed by atoms with Gasteiger partial charge in [-0.1, -0.05) is 0 Å². The van der Waals surface area contributed by atoms with Crippen molar-refractivity contribution in [2.75, 3.05) is 27.1 Å². The molecule has 0 saturated carbocycles. The second-order valence-corrected chi connectivity index (χ2v) is 5.80. The smallest absolute Gasteiger partial charge is 0.407 e. The maximum atomic E-state index is 11.8. The monoisotopic (exact) mass is 288 g/mol. The second-order valence-electron chi connectivity index (χ2n) is 5.80. The van der Waals surface area contributed by atoms with Gasteiger partial charge in [-0.25, -0.2) is 4.79 Å². The molecular formula is C13H24N2O5. The van der Waals surface area contributed by atoms with E-state index in [1.807, 2.05) is 0 Å². The second kappa shape index (κ2) is 7.44. The Bertz CT molecular complexity index is 340. The summed E-state index contributed by atoms with van der Waals surface area (Å²) < 4.78 is 15.3. The molecule has 0 spiro atoms. The van der Waals surface area contributed by atoms with Gasteiger partial charge in [0.25, 0.3) is 0 Å². The van der Waals surface area contributed by atoms with Crippen LogP contribution in [0.3, 0.4) is 0 Å². The fourth-order valence-corrected chi connectivity index (χ4v) is 1.92. The van der Waals surface area contributed by atoms with Gasteiger partial charge in [0.05, 0.1) is 12.6 Å². The standard InChI is InChI=1S/C13H24N2O5/c1-13(2,3)20-12(17)15-10(7-19-8-18-4)9-5-11(16)14-6-9/h9-10H,5-8H2,1-4H3,(H,14,16)(H,15,17). The molecule has 0 bridgehead atoms. The number of methoxy groups -OCH3 is 1. The van der Waals surface area contributed by atoms with Crippen LogP contribution in [-0.2, 0) is 19.0 Å². The van der Waals surface area contributed by atoms with Crippen molar-refractivity contribution in [2.24, 2.45) is 5.92 Å². The highest BCUT2D eigenvalue weighted by Crippen LogP contribution is 2.15. The highest BCUT2D eigenvalue weighted by atomic mass is 16.7. The van der Waals surface area contributed by atoms with Crippen LogP contribution in [-0.4, -0.2) is 50.7 Å². The topological polar surface area (TPSA) is 85.9 Å². The molecule has 0 aromatic carbocycles. The summed E-state index contributed by atoms with van der Waals surface area (Å²) >= 11 is 0. The summed E-state index contributed by atoms with van der Waals surface area (Å²) in [4.78, 5) is 23.1. The SMILES string of the molecule is COCOCC(NC(=O)OC(C)(C)C)C1CNC(=O)C1. The van der Waals surface area contributed by atoms with Gasteiger partial charge >= 0.3 is 6.09 Å². The molecule has 2 unspecified atom stereocenters. The van der Waals surface area contributed by atoms with E-state index in [9.17, 15) is 9.59 Å². The van der Waals surface area contributed by atoms with Gasteiger partial charge in [-0.2, -0.15) is 0 Å². The quantitative estimate of drug-likeness (QED) is 0.553. The fourth-order valence-electron chi connectivity index (χ4n) is 1.92. The number of hydrogen-bond acceptors (Lipinski definition) is 5. The van der Waals surface area contributed by atoms with Gasteiger partial charge < -0.3 is 24.8 Å². The Morgan fingerprint density at radius 1 is 1.50 bits per heavy atom. The van der Waals surface area contributed by atoms with Crippen molar-refractivity contribution < 1.29 is 23.8 Å². The summed E-state index contributed by atoms with van der Waals surface area (Å²) in [6.07, 6.45) is -0.139. The highest BCUT2D eigenvalue weighted by molar-refractivity contribution is 5.78. The number of carbonyl (C=O) groups is 2. The Hall–Kier alpha value is -1.34. The molecule has 1 aliphatic rings. The summed E-state index contributed by atoms with van der Waals surface area (Å²) in [6, 6.07) is -0.293. The van der Waals surface area contributed by atoms with Gasteiger partial charge in [-0.15, -0.1) is 0 Å². The lowest BCUT2D eigenvalue weighted by atomic mass is 9.99. The Morgan fingerprint density at radius 3 is 2.70 bits per heavy atom. The normalized spacial score (nSPS) is 20.4. The maximum Gasteiger partial charge on any atom is 0.407 e. The van der Waals surface area contributed by atoms with Crippen LogP contribution in [0, 0.1) is 5.92 Å². The summed E-state index contributed by atoms with van der Waals surface area (Å²) in [6.45, 7) is 6.32. The molecule has 7 heteroatoms. The summed E-state index contributed by atoms with van der Waals surface area (Å²) in [5.74, 6) is -0.0235. The molecule has 116 valence electrons. The number of ether oxygens (including phenoxy) is 3. The minimum absolute atomic E-state index is 0.00752. The molecule has 1 saturated heterocycles. The van der Waals surface area contributed by atoms with Gasteiger partial charge in [-0.3, -0.25) is 4.79 Å². The van der Waals surface area contributed by atoms with Crippen LogP contribution in [0.15, 0.2) is 0 Å². The zero-order chi connectivity index (χ0) is 15.2. The summed E-state index contributed by atoms with van der Waals surface area (Å²) in [5, 5.41) is 5.51. The molecule has 1 fully saturated rings. The van der Waals surface area contributed by atoms with E-state index in [1.54, 1.807) is 20.8 Å². The molecule has 1 rings (SSSR count). The van der Waals surface area contributed by atoms with Crippen molar-refractivity contribution in [3.8, 4) is 0 Å². The minimum atomic E-state index is -0.564. The van der Waals surface area contributed by atoms with Gasteiger partial charge in [0.2, 0.25) is 5.91 Å². The van der Waals surface area contributed by atoms with Crippen LogP contribution in [0.1, 0.15) is 27.2 Å². The van der Waals surface area contributed by atoms with Crippen molar-refractivity contribution in [2.45, 2.75) is 38.8 Å². The van der Waals surface area contributed by atoms with Crippen molar-refractivity contribution in [3.05, 3.63) is 0 Å². The van der Waals surface area contributed by atoms with E-state index in [1.165, 1.54) is 7.11 Å². The van der Waals surface area contributed by atoms with Crippen LogP contribution in [0.4, 0.5) is 4.79 Å². The molecule has 2 atom stereocenters. The fraction of sp³-hybridized carbons (Fsp3) is 0.846. The van der Waals surface area contributed by atoms with Crippen LogP contribution in [0.25, 0.3) is 0 Å². The van der Waals surface area contributed by atoms with Crippen molar-refractivity contribution in [3.63, 3.8) is 0 Å². The summed E-state index contributed by atoms with van der Waals surface area (Å²) in [5.41, 5.74) is -0.564. The number of alkyl carbamates (subject to hydrolysis) is 1. The van der Waals surface area contributed by atoms with E-state index < -0.39 is 11.7 Å². The number of hydrogen-bond donors (Lipinski definition) is 2. The minimum Gasteiger partial charge on any atom is -0.444 e. The van der Waals surface area contributed by atoms with E-state index in [0.717, 1.165) is 0 Å². The Labute approximate surface area is 119 Å². The Morgan fingerprint density at radius 2 is 2.20 bits per heavy atom. The molecule has 2 N–H and O–H groups in total. The third kappa shape index (κ3) is 6.21. The number of amides is 2. The molecule has 1 heterocycles. The first-order valence-corrected chi connectivity index (χ1v) is 6.64. The third-order valence-corrected chi connectivity index (χ3v) is 2.78. The predicted molar refractivity (Wildman–Crippen MR) is 72.1 cm³/mol. The maximum absolute atomic E-state index is 11.8. The van der Waals surface area contributed by atoms with Gasteiger partial charge in [0, 0.05) is 26.0 Å². The van der Waals surface area contributed by atoms with Crippen LogP contribution < -0.4 is 10.6 Å². The van der Waals surface area contributed by atoms with Crippen LogP contribution in [0.2, 0.25) is 0 Å². The Balaban J connectivity index is 2.53. The molecule has 1 aliphatic heterocycles. The first-order valence-electron chi connectivity index (χ1n) is 6.64. The highest BCUT2D eigenvalue weighted by Gasteiger charge is 2.31. The average Bonchev–Trinajstić information content (AvgIpc) is 2.72. The Kier molecular flexibility index (Phi) is 6.22. The molecule has 0 aliphatic carbocycles. The third-order valence-electron chi connectivity index (χ3n) is 2.78. The van der Waals surface area contributed by atoms with E-state index in [2.05, 4.69) is 10.6 Å². The number of nitrogens with one attached hydrogen (secondary N) is 2. The van der Waals surface area contributed by atoms with Gasteiger partial charge in [0.1, 0.15) is 12.4 Å². The molecule has 7 nitrogen and oxygen atoms in total. The molecule has 0 aromatic heterocycles. The van der Waals surface area contributed by atoms with E-state index >= 15 is 0 Å². The van der Waals surface area contributed by atoms with Crippen molar-refractivity contribution in [1.82, 2.24) is 10.6 Å². The van der Waals surface area contributed by atoms with Crippen molar-refractivity contribution in [1.29, 1.82) is 0 Å². The largest absolute Gasteiger partial charge is 0.444 e. The first-order chi connectivity index (χ1) is 9.31. The number of carbonyl (C=O) groups excluding carboxylic acids is 2. The molecule has 0 aromatic rings. The average molecular weight is 288 g/mol. The number of rotatable bonds is 6. The molecule has 20 heavy (non-hydrogen) atoms. The zero-order valence-corrected chi connectivity index (χ0v) is 12.5. The van der Waals surface area contributed by atoms with E-state index in [-0.39, 0.29) is 31.3 Å². The predicted octanol–water partition coefficient (Wildman–Crippen LogP) is 0.636. The molecule has 2 amide bonds. The van der Waals surface area contributed by atoms with E-state index in [0.29, 0.717) is 13.0 Å². The van der Waals surface area contributed by atoms with Gasteiger partial charge in [0.15, 0.2) is 0 Å². The zero-order valence-electron chi connectivity index (χ0n) is 12.5. The van der Waals surface area contributed by atoms with Gasteiger partial charge in [-0.05, 0) is 20.8 Å². The lowest BCUT2D eigenvalue weighted by Gasteiger charge is -2.26. The van der Waals surface area contributed by atoms with Crippen LogP contribution >= 0.6 is 0 Å². The van der Waals surface area contributed by atoms with E-state index in [4.69, 9.17) is 14.2 Å². The lowest BCUT2D eigenvalue weighted by Crippen LogP contribution is -2.46. The van der Waals surface area contributed by atoms with Crippen molar-refractivity contribution >= 4 is 12.0 Å².